The first-order valence-electron chi connectivity index (χ1n) is 22.1. The van der Waals surface area contributed by atoms with Crippen molar-refractivity contribution in [2.24, 2.45) is 0 Å². The molecule has 2 aromatic heterocycles. The SMILES string of the molecule is Cc1c(C(=O)O)n(CC(=O)O)c2cc3c(cc12)OCCN1CCN(c2cc4c(c(C)c(C(=O)O)n4CC(=O)O)c4ccccc24)CCN(CCO3)c2cc(F)ccc2OCCOc2ccc(F)cc21. The Bertz CT molecular complexity index is 3200. The number of aryl methyl sites for hydroxylation is 2. The van der Waals surface area contributed by atoms with E-state index < -0.39 is 48.6 Å². The normalized spacial score (nSPS) is 14.8. The molecule has 9 rings (SSSR count). The van der Waals surface area contributed by atoms with E-state index in [0.717, 1.165) is 5.39 Å². The molecule has 0 aliphatic carbocycles. The minimum absolute atomic E-state index is 0.0186. The van der Waals surface area contributed by atoms with Gasteiger partial charge in [0.15, 0.2) is 11.5 Å². The van der Waals surface area contributed by atoms with E-state index in [1.165, 1.54) is 45.5 Å². The quantitative estimate of drug-likeness (QED) is 0.116. The molecule has 0 fully saturated rings. The summed E-state index contributed by atoms with van der Waals surface area (Å²) >= 11 is 0. The molecule has 2 bridgehead atoms. The van der Waals surface area contributed by atoms with E-state index in [1.54, 1.807) is 32.0 Å². The number of aromatic nitrogens is 2. The molecule has 69 heavy (non-hydrogen) atoms. The lowest BCUT2D eigenvalue weighted by Gasteiger charge is -2.34. The maximum absolute atomic E-state index is 15.4. The second-order valence-corrected chi connectivity index (χ2v) is 16.7. The van der Waals surface area contributed by atoms with Crippen LogP contribution >= 0.6 is 0 Å². The number of carboxylic acid groups (broad SMARTS) is 4. The van der Waals surface area contributed by atoms with Crippen LogP contribution < -0.4 is 33.6 Å². The smallest absolute Gasteiger partial charge is 0.352 e. The summed E-state index contributed by atoms with van der Waals surface area (Å²) in [4.78, 5) is 55.4. The number of aliphatic carboxylic acids is 2. The fourth-order valence-electron chi connectivity index (χ4n) is 9.65. The first-order chi connectivity index (χ1) is 33.2. The zero-order valence-electron chi connectivity index (χ0n) is 37.5. The lowest BCUT2D eigenvalue weighted by Crippen LogP contribution is -2.42. The highest BCUT2D eigenvalue weighted by molar-refractivity contribution is 6.16. The predicted molar refractivity (Wildman–Crippen MR) is 251 cm³/mol. The van der Waals surface area contributed by atoms with Crippen LogP contribution in [-0.2, 0) is 22.7 Å². The molecule has 19 heteroatoms. The summed E-state index contributed by atoms with van der Waals surface area (Å²) < 4.78 is 58.8. The molecule has 4 N–H and O–H groups in total. The van der Waals surface area contributed by atoms with Crippen molar-refractivity contribution < 1.29 is 67.3 Å². The van der Waals surface area contributed by atoms with Gasteiger partial charge in [0, 0.05) is 66.2 Å². The van der Waals surface area contributed by atoms with Gasteiger partial charge < -0.3 is 63.2 Å². The van der Waals surface area contributed by atoms with E-state index in [1.807, 2.05) is 34.1 Å². The number of hydrogen-bond acceptors (Lipinski definition) is 11. The summed E-state index contributed by atoms with van der Waals surface area (Å²) in [6.45, 7) is 3.17. The van der Waals surface area contributed by atoms with Crippen molar-refractivity contribution in [3.8, 4) is 23.0 Å². The van der Waals surface area contributed by atoms with Gasteiger partial charge in [0.05, 0.1) is 35.5 Å². The van der Waals surface area contributed by atoms with Gasteiger partial charge in [0.2, 0.25) is 0 Å². The molecular weight excluding hydrogens is 901 g/mol. The molecule has 0 radical (unpaired) electrons. The fraction of sp³-hybridized carbons (Fsp3) is 0.280. The molecule has 5 aromatic carbocycles. The van der Waals surface area contributed by atoms with E-state index >= 15 is 8.78 Å². The lowest BCUT2D eigenvalue weighted by molar-refractivity contribution is -0.138. The van der Waals surface area contributed by atoms with E-state index in [2.05, 4.69) is 4.90 Å². The second kappa shape index (κ2) is 18.8. The molecule has 17 nitrogen and oxygen atoms in total. The number of ether oxygens (including phenoxy) is 4. The van der Waals surface area contributed by atoms with Crippen molar-refractivity contribution in [3.05, 3.63) is 113 Å². The van der Waals surface area contributed by atoms with E-state index in [0.29, 0.717) is 61.4 Å². The van der Waals surface area contributed by atoms with E-state index in [9.17, 15) is 39.6 Å². The van der Waals surface area contributed by atoms with Gasteiger partial charge in [-0.15, -0.1) is 0 Å². The molecular formula is C50H47F2N5O12. The first-order valence-corrected chi connectivity index (χ1v) is 22.1. The minimum atomic E-state index is -1.31. The summed E-state index contributed by atoms with van der Waals surface area (Å²) in [7, 11) is 0. The number of fused-ring (bicyclic) bond motifs is 15. The minimum Gasteiger partial charge on any atom is -0.488 e. The largest absolute Gasteiger partial charge is 0.488 e. The average molecular weight is 948 g/mol. The Morgan fingerprint density at radius 3 is 1.48 bits per heavy atom. The number of nitrogens with zero attached hydrogens (tertiary/aromatic N) is 5. The Kier molecular flexibility index (Phi) is 12.5. The molecule has 0 saturated heterocycles. The van der Waals surface area contributed by atoms with E-state index in [-0.39, 0.29) is 94.1 Å². The van der Waals surface area contributed by atoms with Crippen LogP contribution in [0.1, 0.15) is 32.1 Å². The summed E-state index contributed by atoms with van der Waals surface area (Å²) in [5, 5.41) is 42.9. The fourth-order valence-corrected chi connectivity index (χ4v) is 9.65. The number of hydrogen-bond donors (Lipinski definition) is 4. The number of carbonyl (C=O) groups is 4. The van der Waals surface area contributed by atoms with Crippen LogP contribution in [0.4, 0.5) is 25.8 Å². The number of anilines is 3. The topological polar surface area (TPSA) is 206 Å². The van der Waals surface area contributed by atoms with Gasteiger partial charge in [-0.05, 0) is 66.8 Å². The molecule has 0 saturated carbocycles. The van der Waals surface area contributed by atoms with E-state index in [4.69, 9.17) is 18.9 Å². The van der Waals surface area contributed by atoms with Crippen LogP contribution in [0.5, 0.6) is 23.0 Å². The number of rotatable bonds is 7. The van der Waals surface area contributed by atoms with Gasteiger partial charge in [0.1, 0.15) is 74.0 Å². The van der Waals surface area contributed by atoms with Crippen molar-refractivity contribution >= 4 is 73.5 Å². The Labute approximate surface area is 392 Å². The highest BCUT2D eigenvalue weighted by Gasteiger charge is 2.28. The zero-order chi connectivity index (χ0) is 48.7. The highest BCUT2D eigenvalue weighted by Crippen LogP contribution is 2.41. The number of benzene rings is 5. The molecule has 2 aliphatic heterocycles. The van der Waals surface area contributed by atoms with Gasteiger partial charge in [-0.25, -0.2) is 18.4 Å². The number of carboxylic acids is 4. The Balaban J connectivity index is 1.23. The summed E-state index contributed by atoms with van der Waals surface area (Å²) in [6.07, 6.45) is 0. The molecule has 0 spiro atoms. The van der Waals surface area contributed by atoms with Crippen LogP contribution in [0.25, 0.3) is 32.6 Å². The van der Waals surface area contributed by atoms with Crippen LogP contribution in [0, 0.1) is 25.5 Å². The van der Waals surface area contributed by atoms with Gasteiger partial charge in [-0.2, -0.15) is 0 Å². The molecule has 2 aliphatic rings. The Morgan fingerprint density at radius 2 is 0.957 bits per heavy atom. The molecule has 0 unspecified atom stereocenters. The highest BCUT2D eigenvalue weighted by atomic mass is 19.1. The molecule has 358 valence electrons. The number of aromatic carboxylic acids is 2. The standard InChI is InChI=1S/C50H47F2N5O12/c1-28-34-23-42-43(25-36(34)56(26-44(58)59)47(28)49(62)63)67-18-16-55-14-12-53(35-24-39-46(33-6-4-3-5-32(33)35)29(2)48(50(64)65)57(39)27-45(60)61)11-13-54(15-17-66-42)37-21-30(51)7-9-40(37)68-19-20-69-41-10-8-31(52)22-38(41)55/h3-10,21-25H,11-20,26-27H2,1-2H3,(H,58,59)(H,60,61)(H,62,63)(H,64,65). The second-order valence-electron chi connectivity index (χ2n) is 16.7. The maximum Gasteiger partial charge on any atom is 0.352 e. The molecule has 4 heterocycles. The summed E-state index contributed by atoms with van der Waals surface area (Å²) in [5.41, 5.74) is 2.46. The van der Waals surface area contributed by atoms with Gasteiger partial charge in [-0.1, -0.05) is 24.3 Å². The predicted octanol–water partition coefficient (Wildman–Crippen LogP) is 7.27. The van der Waals surface area contributed by atoms with Gasteiger partial charge in [0.25, 0.3) is 0 Å². The monoisotopic (exact) mass is 947 g/mol. The van der Waals surface area contributed by atoms with Crippen molar-refractivity contribution in [2.45, 2.75) is 26.9 Å². The Hall–Kier alpha value is -8.22. The average Bonchev–Trinajstić information content (AvgIpc) is 3.73. The Morgan fingerprint density at radius 1 is 0.493 bits per heavy atom. The van der Waals surface area contributed by atoms with Crippen LogP contribution in [0.15, 0.2) is 78.9 Å². The van der Waals surface area contributed by atoms with Crippen molar-refractivity contribution in [1.29, 1.82) is 0 Å². The third-order valence-electron chi connectivity index (χ3n) is 12.6. The first kappa shape index (κ1) is 45.9. The summed E-state index contributed by atoms with van der Waals surface area (Å²) in [5.74, 6) is -5.09. The van der Waals surface area contributed by atoms with Crippen molar-refractivity contribution in [3.63, 3.8) is 0 Å². The van der Waals surface area contributed by atoms with Crippen molar-refractivity contribution in [1.82, 2.24) is 9.13 Å². The van der Waals surface area contributed by atoms with Crippen LogP contribution in [0.2, 0.25) is 0 Å². The zero-order valence-corrected chi connectivity index (χ0v) is 37.5. The van der Waals surface area contributed by atoms with Crippen molar-refractivity contribution in [2.75, 3.05) is 80.4 Å². The van der Waals surface area contributed by atoms with Crippen LogP contribution in [-0.4, -0.2) is 119 Å². The number of halogens is 2. The molecule has 7 aromatic rings. The summed E-state index contributed by atoms with van der Waals surface area (Å²) in [6, 6.07) is 20.7. The maximum atomic E-state index is 15.4. The lowest BCUT2D eigenvalue weighted by atomic mass is 10.0. The third kappa shape index (κ3) is 8.90. The molecule has 0 atom stereocenters. The van der Waals surface area contributed by atoms with Gasteiger partial charge >= 0.3 is 23.9 Å². The molecule has 0 amide bonds. The van der Waals surface area contributed by atoms with Gasteiger partial charge in [-0.3, -0.25) is 9.59 Å². The van der Waals surface area contributed by atoms with Crippen LogP contribution in [0.3, 0.4) is 0 Å². The third-order valence-corrected chi connectivity index (χ3v) is 12.6.